The van der Waals surface area contributed by atoms with Crippen LogP contribution in [0, 0.1) is 5.41 Å². The standard InChI is InChI=1S/C10H20O2/c1-5-6-12-8-10(3,4)7-9(2)11/h5-8H2,1-4H3. The highest BCUT2D eigenvalue weighted by atomic mass is 16.5. The Morgan fingerprint density at radius 3 is 2.42 bits per heavy atom. The predicted molar refractivity (Wildman–Crippen MR) is 50.2 cm³/mol. The third kappa shape index (κ3) is 6.35. The summed E-state index contributed by atoms with van der Waals surface area (Å²) in [5.74, 6) is 0.236. The molecule has 0 aliphatic carbocycles. The van der Waals surface area contributed by atoms with E-state index >= 15 is 0 Å². The Balaban J connectivity index is 3.63. The minimum atomic E-state index is 0.000995. The van der Waals surface area contributed by atoms with Gasteiger partial charge in [-0.1, -0.05) is 20.8 Å². The fraction of sp³-hybridized carbons (Fsp3) is 0.900. The maximum atomic E-state index is 10.8. The predicted octanol–water partition coefficient (Wildman–Crippen LogP) is 2.42. The number of ketones is 1. The summed E-state index contributed by atoms with van der Waals surface area (Å²) in [4.78, 5) is 10.8. The topological polar surface area (TPSA) is 26.3 Å². The van der Waals surface area contributed by atoms with E-state index in [2.05, 4.69) is 20.8 Å². The summed E-state index contributed by atoms with van der Waals surface area (Å²) in [6, 6.07) is 0. The molecule has 0 aliphatic rings. The zero-order valence-corrected chi connectivity index (χ0v) is 8.64. The van der Waals surface area contributed by atoms with Crippen molar-refractivity contribution in [3.05, 3.63) is 0 Å². The average Bonchev–Trinajstić information content (AvgIpc) is 1.84. The zero-order chi connectivity index (χ0) is 9.61. The summed E-state index contributed by atoms with van der Waals surface area (Å²) in [6.07, 6.45) is 1.65. The first-order chi connectivity index (χ1) is 5.48. The second-order valence-electron chi connectivity index (χ2n) is 4.10. The van der Waals surface area contributed by atoms with Gasteiger partial charge < -0.3 is 9.53 Å². The molecule has 0 amide bonds. The molecule has 2 heteroatoms. The third-order valence-electron chi connectivity index (χ3n) is 1.57. The van der Waals surface area contributed by atoms with E-state index in [1.54, 1.807) is 6.92 Å². The van der Waals surface area contributed by atoms with Crippen LogP contribution in [0.5, 0.6) is 0 Å². The van der Waals surface area contributed by atoms with Crippen LogP contribution in [-0.2, 0) is 9.53 Å². The van der Waals surface area contributed by atoms with Crippen LogP contribution in [0.4, 0.5) is 0 Å². The van der Waals surface area contributed by atoms with Crippen molar-refractivity contribution in [1.29, 1.82) is 0 Å². The van der Waals surface area contributed by atoms with Crippen molar-refractivity contribution in [2.45, 2.75) is 40.5 Å². The Morgan fingerprint density at radius 1 is 1.42 bits per heavy atom. The number of ether oxygens (including phenoxy) is 1. The Kier molecular flexibility index (Phi) is 5.14. The van der Waals surface area contributed by atoms with E-state index in [1.807, 2.05) is 0 Å². The number of Topliss-reactive ketones (excluding diaryl/α,β-unsaturated/α-hetero) is 1. The lowest BCUT2D eigenvalue weighted by Gasteiger charge is -2.22. The summed E-state index contributed by atoms with van der Waals surface area (Å²) in [5, 5.41) is 0. The molecule has 0 aromatic heterocycles. The molecule has 72 valence electrons. The Hall–Kier alpha value is -0.370. The molecule has 0 radical (unpaired) electrons. The molecule has 0 aliphatic heterocycles. The van der Waals surface area contributed by atoms with Crippen molar-refractivity contribution in [2.75, 3.05) is 13.2 Å². The molecule has 0 atom stereocenters. The molecule has 2 nitrogen and oxygen atoms in total. The van der Waals surface area contributed by atoms with Gasteiger partial charge in [0.15, 0.2) is 0 Å². The van der Waals surface area contributed by atoms with Gasteiger partial charge in [0.25, 0.3) is 0 Å². The Labute approximate surface area is 75.3 Å². The van der Waals surface area contributed by atoms with Gasteiger partial charge in [0.2, 0.25) is 0 Å². The van der Waals surface area contributed by atoms with Gasteiger partial charge in [0.1, 0.15) is 5.78 Å². The molecular formula is C10H20O2. The van der Waals surface area contributed by atoms with Crippen molar-refractivity contribution >= 4 is 5.78 Å². The van der Waals surface area contributed by atoms with Gasteiger partial charge >= 0.3 is 0 Å². The second-order valence-corrected chi connectivity index (χ2v) is 4.10. The van der Waals surface area contributed by atoms with Crippen LogP contribution < -0.4 is 0 Å². The average molecular weight is 172 g/mol. The molecule has 0 heterocycles. The van der Waals surface area contributed by atoms with Crippen LogP contribution in [-0.4, -0.2) is 19.0 Å². The van der Waals surface area contributed by atoms with Gasteiger partial charge in [-0.2, -0.15) is 0 Å². The number of hydrogen-bond acceptors (Lipinski definition) is 2. The van der Waals surface area contributed by atoms with E-state index in [4.69, 9.17) is 4.74 Å². The number of hydrogen-bond donors (Lipinski definition) is 0. The van der Waals surface area contributed by atoms with Crippen molar-refractivity contribution in [1.82, 2.24) is 0 Å². The van der Waals surface area contributed by atoms with Crippen LogP contribution in [0.25, 0.3) is 0 Å². The second kappa shape index (κ2) is 5.31. The molecular weight excluding hydrogens is 152 g/mol. The summed E-state index contributed by atoms with van der Waals surface area (Å²) < 4.78 is 5.40. The first kappa shape index (κ1) is 11.6. The van der Waals surface area contributed by atoms with Crippen molar-refractivity contribution in [2.24, 2.45) is 5.41 Å². The monoisotopic (exact) mass is 172 g/mol. The molecule has 0 spiro atoms. The summed E-state index contributed by atoms with van der Waals surface area (Å²) in [7, 11) is 0. The molecule has 0 bridgehead atoms. The van der Waals surface area contributed by atoms with E-state index in [9.17, 15) is 4.79 Å². The fourth-order valence-electron chi connectivity index (χ4n) is 1.22. The third-order valence-corrected chi connectivity index (χ3v) is 1.57. The zero-order valence-electron chi connectivity index (χ0n) is 8.64. The van der Waals surface area contributed by atoms with Gasteiger partial charge in [-0.25, -0.2) is 0 Å². The van der Waals surface area contributed by atoms with Gasteiger partial charge in [-0.15, -0.1) is 0 Å². The molecule has 0 saturated heterocycles. The molecule has 0 N–H and O–H groups in total. The lowest BCUT2D eigenvalue weighted by atomic mass is 9.89. The molecule has 0 saturated carbocycles. The fourth-order valence-corrected chi connectivity index (χ4v) is 1.22. The van der Waals surface area contributed by atoms with Crippen LogP contribution in [0.2, 0.25) is 0 Å². The van der Waals surface area contributed by atoms with E-state index in [0.29, 0.717) is 13.0 Å². The quantitative estimate of drug-likeness (QED) is 0.575. The lowest BCUT2D eigenvalue weighted by molar-refractivity contribution is -0.119. The maximum absolute atomic E-state index is 10.8. The van der Waals surface area contributed by atoms with Gasteiger partial charge in [0.05, 0.1) is 6.61 Å². The van der Waals surface area contributed by atoms with E-state index < -0.39 is 0 Å². The van der Waals surface area contributed by atoms with Gasteiger partial charge in [-0.05, 0) is 18.8 Å². The van der Waals surface area contributed by atoms with Crippen molar-refractivity contribution < 1.29 is 9.53 Å². The number of rotatable bonds is 6. The highest BCUT2D eigenvalue weighted by molar-refractivity contribution is 5.76. The molecule has 0 fully saturated rings. The van der Waals surface area contributed by atoms with Crippen molar-refractivity contribution in [3.8, 4) is 0 Å². The van der Waals surface area contributed by atoms with Crippen LogP contribution in [0.1, 0.15) is 40.5 Å². The SMILES string of the molecule is CCCOCC(C)(C)CC(C)=O. The highest BCUT2D eigenvalue weighted by Gasteiger charge is 2.19. The molecule has 0 rings (SSSR count). The molecule has 0 aromatic rings. The summed E-state index contributed by atoms with van der Waals surface area (Å²) >= 11 is 0. The summed E-state index contributed by atoms with van der Waals surface area (Å²) in [6.45, 7) is 9.30. The van der Waals surface area contributed by atoms with Crippen LogP contribution in [0.15, 0.2) is 0 Å². The van der Waals surface area contributed by atoms with E-state index in [-0.39, 0.29) is 11.2 Å². The first-order valence-corrected chi connectivity index (χ1v) is 4.55. The number of carbonyl (C=O) groups is 1. The molecule has 0 unspecified atom stereocenters. The minimum absolute atomic E-state index is 0.000995. The minimum Gasteiger partial charge on any atom is -0.381 e. The lowest BCUT2D eigenvalue weighted by Crippen LogP contribution is -2.22. The smallest absolute Gasteiger partial charge is 0.130 e. The summed E-state index contributed by atoms with van der Waals surface area (Å²) in [5.41, 5.74) is 0.000995. The largest absolute Gasteiger partial charge is 0.381 e. The molecule has 12 heavy (non-hydrogen) atoms. The van der Waals surface area contributed by atoms with Crippen LogP contribution >= 0.6 is 0 Å². The van der Waals surface area contributed by atoms with Crippen molar-refractivity contribution in [3.63, 3.8) is 0 Å². The number of carbonyl (C=O) groups excluding carboxylic acids is 1. The Bertz CT molecular complexity index is 139. The van der Waals surface area contributed by atoms with E-state index in [1.165, 1.54) is 0 Å². The van der Waals surface area contributed by atoms with Crippen LogP contribution in [0.3, 0.4) is 0 Å². The van der Waals surface area contributed by atoms with Gasteiger partial charge in [-0.3, -0.25) is 0 Å². The Morgan fingerprint density at radius 2 is 2.00 bits per heavy atom. The highest BCUT2D eigenvalue weighted by Crippen LogP contribution is 2.20. The van der Waals surface area contributed by atoms with E-state index in [0.717, 1.165) is 13.0 Å². The van der Waals surface area contributed by atoms with Gasteiger partial charge in [0, 0.05) is 13.0 Å². The molecule has 0 aromatic carbocycles. The normalized spacial score (nSPS) is 11.7. The first-order valence-electron chi connectivity index (χ1n) is 4.55. The maximum Gasteiger partial charge on any atom is 0.130 e.